The highest BCUT2D eigenvalue weighted by Gasteiger charge is 2.29. The molecule has 0 unspecified atom stereocenters. The summed E-state index contributed by atoms with van der Waals surface area (Å²) < 4.78 is 5.52. The summed E-state index contributed by atoms with van der Waals surface area (Å²) in [6.45, 7) is 3.69. The molecule has 3 N–H and O–H groups in total. The van der Waals surface area contributed by atoms with Crippen molar-refractivity contribution in [3.63, 3.8) is 0 Å². The number of benzene rings is 2. The molecule has 180 valence electrons. The highest BCUT2D eigenvalue weighted by atomic mass is 16.5. The number of nitrogens with one attached hydrogen (secondary N) is 2. The number of aromatic nitrogens is 1. The van der Waals surface area contributed by atoms with Gasteiger partial charge in [-0.25, -0.2) is 9.59 Å². The van der Waals surface area contributed by atoms with Gasteiger partial charge in [0.25, 0.3) is 5.91 Å². The zero-order valence-electron chi connectivity index (χ0n) is 19.5. The quantitative estimate of drug-likeness (QED) is 0.456. The Bertz CT molecular complexity index is 1210. The number of alkyl carbamates (subject to hydrolysis) is 1. The average molecular weight is 474 g/mol. The summed E-state index contributed by atoms with van der Waals surface area (Å²) in [5.41, 5.74) is 5.27. The third kappa shape index (κ3) is 5.32. The van der Waals surface area contributed by atoms with Crippen molar-refractivity contribution in [3.8, 4) is 11.1 Å². The van der Waals surface area contributed by atoms with Crippen LogP contribution in [-0.4, -0.2) is 40.7 Å². The Morgan fingerprint density at radius 2 is 1.63 bits per heavy atom. The lowest BCUT2D eigenvalue weighted by Gasteiger charge is -2.18. The van der Waals surface area contributed by atoms with E-state index in [1.54, 1.807) is 13.8 Å². The van der Waals surface area contributed by atoms with E-state index in [0.29, 0.717) is 5.69 Å². The molecule has 0 bridgehead atoms. The molecule has 1 heterocycles. The molecule has 0 saturated carbocycles. The molecule has 4 rings (SSSR count). The number of pyridine rings is 1. The fourth-order valence-corrected chi connectivity index (χ4v) is 4.27. The van der Waals surface area contributed by atoms with Gasteiger partial charge in [0, 0.05) is 17.7 Å². The van der Waals surface area contributed by atoms with Crippen LogP contribution in [0.5, 0.6) is 0 Å². The number of carboxylic acids is 1. The minimum absolute atomic E-state index is 0.0403. The number of ether oxygens (including phenoxy) is 1. The maximum absolute atomic E-state index is 12.5. The number of carboxylic acid groups (broad SMARTS) is 1. The third-order valence-electron chi connectivity index (χ3n) is 6.06. The van der Waals surface area contributed by atoms with Gasteiger partial charge in [0.05, 0.1) is 12.2 Å². The first-order chi connectivity index (χ1) is 16.8. The van der Waals surface area contributed by atoms with Crippen LogP contribution >= 0.6 is 0 Å². The van der Waals surface area contributed by atoms with Gasteiger partial charge in [-0.05, 0) is 40.3 Å². The van der Waals surface area contributed by atoms with Gasteiger partial charge in [-0.2, -0.15) is 0 Å². The molecule has 1 aliphatic carbocycles. The van der Waals surface area contributed by atoms with Gasteiger partial charge in [-0.1, -0.05) is 62.4 Å². The van der Waals surface area contributed by atoms with Crippen LogP contribution in [0.4, 0.5) is 4.79 Å². The lowest BCUT2D eigenvalue weighted by Crippen LogP contribution is -2.44. The van der Waals surface area contributed by atoms with Crippen molar-refractivity contribution in [1.82, 2.24) is 15.6 Å². The van der Waals surface area contributed by atoms with Crippen molar-refractivity contribution in [2.75, 3.05) is 6.61 Å². The molecular formula is C27H27N3O5. The van der Waals surface area contributed by atoms with Crippen LogP contribution in [0.1, 0.15) is 46.9 Å². The summed E-state index contributed by atoms with van der Waals surface area (Å²) in [6.07, 6.45) is 0.851. The molecule has 0 fully saturated rings. The van der Waals surface area contributed by atoms with Crippen molar-refractivity contribution in [1.29, 1.82) is 0 Å². The SMILES string of the molecule is CC(C)[C@@H](NC(=O)c1ccnc(CNC(=O)OCC2c3ccccc3-c3ccccc32)c1)C(=O)O. The summed E-state index contributed by atoms with van der Waals surface area (Å²) in [5, 5.41) is 14.5. The number of hydrogen-bond donors (Lipinski definition) is 3. The molecule has 0 aliphatic heterocycles. The Hall–Kier alpha value is -4.20. The summed E-state index contributed by atoms with van der Waals surface area (Å²) in [7, 11) is 0. The summed E-state index contributed by atoms with van der Waals surface area (Å²) in [5.74, 6) is -1.93. The molecule has 1 aliphatic rings. The number of hydrogen-bond acceptors (Lipinski definition) is 5. The zero-order chi connectivity index (χ0) is 24.9. The number of nitrogens with zero attached hydrogens (tertiary/aromatic N) is 1. The van der Waals surface area contributed by atoms with Gasteiger partial charge >= 0.3 is 12.1 Å². The summed E-state index contributed by atoms with van der Waals surface area (Å²) in [4.78, 5) is 40.4. The summed E-state index contributed by atoms with van der Waals surface area (Å²) in [6, 6.07) is 18.2. The number of amides is 2. The van der Waals surface area contributed by atoms with E-state index in [0.717, 1.165) is 22.3 Å². The molecule has 35 heavy (non-hydrogen) atoms. The van der Waals surface area contributed by atoms with E-state index in [-0.39, 0.29) is 30.6 Å². The van der Waals surface area contributed by atoms with Crippen LogP contribution in [0, 0.1) is 5.92 Å². The molecule has 0 radical (unpaired) electrons. The van der Waals surface area contributed by atoms with Gasteiger partial charge in [0.15, 0.2) is 0 Å². The van der Waals surface area contributed by atoms with Crippen molar-refractivity contribution in [3.05, 3.63) is 89.2 Å². The fraction of sp³-hybridized carbons (Fsp3) is 0.259. The van der Waals surface area contributed by atoms with Crippen LogP contribution in [-0.2, 0) is 16.1 Å². The minimum atomic E-state index is -1.10. The lowest BCUT2D eigenvalue weighted by molar-refractivity contribution is -0.140. The molecule has 2 amide bonds. The van der Waals surface area contributed by atoms with Crippen LogP contribution in [0.3, 0.4) is 0 Å². The Labute approximate surface area is 203 Å². The normalized spacial score (nSPS) is 13.0. The Morgan fingerprint density at radius 3 is 2.23 bits per heavy atom. The second-order valence-corrected chi connectivity index (χ2v) is 8.75. The topological polar surface area (TPSA) is 118 Å². The predicted molar refractivity (Wildman–Crippen MR) is 130 cm³/mol. The highest BCUT2D eigenvalue weighted by molar-refractivity contribution is 5.96. The van der Waals surface area contributed by atoms with Crippen LogP contribution < -0.4 is 10.6 Å². The third-order valence-corrected chi connectivity index (χ3v) is 6.06. The molecule has 1 aromatic heterocycles. The molecule has 2 aromatic carbocycles. The van der Waals surface area contributed by atoms with E-state index in [2.05, 4.69) is 39.9 Å². The van der Waals surface area contributed by atoms with Gasteiger partial charge < -0.3 is 20.5 Å². The number of carbonyl (C=O) groups excluding carboxylic acids is 2. The number of fused-ring (bicyclic) bond motifs is 3. The van der Waals surface area contributed by atoms with Gasteiger partial charge in [0.1, 0.15) is 12.6 Å². The zero-order valence-corrected chi connectivity index (χ0v) is 19.5. The molecule has 0 saturated heterocycles. The first-order valence-electron chi connectivity index (χ1n) is 11.4. The highest BCUT2D eigenvalue weighted by Crippen LogP contribution is 2.44. The van der Waals surface area contributed by atoms with E-state index in [9.17, 15) is 19.5 Å². The number of rotatable bonds is 8. The molecule has 3 aromatic rings. The standard InChI is InChI=1S/C27H27N3O5/c1-16(2)24(26(32)33)30-25(31)17-11-12-28-18(13-17)14-29-27(34)35-15-23-21-9-5-3-7-19(21)20-8-4-6-10-22(20)23/h3-13,16,23-24H,14-15H2,1-2H3,(H,29,34)(H,30,31)(H,32,33)/t24-/m1/s1. The van der Waals surface area contributed by atoms with E-state index in [4.69, 9.17) is 4.74 Å². The van der Waals surface area contributed by atoms with E-state index >= 15 is 0 Å². The molecule has 0 spiro atoms. The van der Waals surface area contributed by atoms with Gasteiger partial charge in [0.2, 0.25) is 0 Å². The van der Waals surface area contributed by atoms with Crippen molar-refractivity contribution >= 4 is 18.0 Å². The van der Waals surface area contributed by atoms with Crippen molar-refractivity contribution in [2.45, 2.75) is 32.4 Å². The predicted octanol–water partition coefficient (Wildman–Crippen LogP) is 3.96. The van der Waals surface area contributed by atoms with Gasteiger partial charge in [-0.15, -0.1) is 0 Å². The summed E-state index contributed by atoms with van der Waals surface area (Å²) >= 11 is 0. The van der Waals surface area contributed by atoms with Crippen molar-refractivity contribution < 1.29 is 24.2 Å². The second kappa shape index (κ2) is 10.4. The maximum atomic E-state index is 12.5. The number of aliphatic carboxylic acids is 1. The monoisotopic (exact) mass is 473 g/mol. The Morgan fingerprint density at radius 1 is 1.00 bits per heavy atom. The van der Waals surface area contributed by atoms with Crippen molar-refractivity contribution in [2.24, 2.45) is 5.92 Å². The maximum Gasteiger partial charge on any atom is 0.407 e. The second-order valence-electron chi connectivity index (χ2n) is 8.75. The molecule has 1 atom stereocenters. The smallest absolute Gasteiger partial charge is 0.407 e. The first kappa shape index (κ1) is 23.9. The van der Waals surface area contributed by atoms with Gasteiger partial charge in [-0.3, -0.25) is 9.78 Å². The Balaban J connectivity index is 1.34. The van der Waals surface area contributed by atoms with Crippen LogP contribution in [0.25, 0.3) is 11.1 Å². The average Bonchev–Trinajstić information content (AvgIpc) is 3.18. The molecule has 8 nitrogen and oxygen atoms in total. The van der Waals surface area contributed by atoms with E-state index < -0.39 is 24.0 Å². The number of carbonyl (C=O) groups is 3. The van der Waals surface area contributed by atoms with E-state index in [1.807, 2.05) is 24.3 Å². The Kier molecular flexibility index (Phi) is 7.10. The van der Waals surface area contributed by atoms with E-state index in [1.165, 1.54) is 18.3 Å². The molecule has 8 heteroatoms. The fourth-order valence-electron chi connectivity index (χ4n) is 4.27. The lowest BCUT2D eigenvalue weighted by atomic mass is 9.98. The first-order valence-corrected chi connectivity index (χ1v) is 11.4. The minimum Gasteiger partial charge on any atom is -0.480 e. The largest absolute Gasteiger partial charge is 0.480 e. The van der Waals surface area contributed by atoms with Crippen LogP contribution in [0.2, 0.25) is 0 Å². The van der Waals surface area contributed by atoms with Crippen LogP contribution in [0.15, 0.2) is 66.9 Å². The molecular weight excluding hydrogens is 446 g/mol.